The molecule has 0 saturated carbocycles. The van der Waals surface area contributed by atoms with Gasteiger partial charge in [0, 0.05) is 0 Å². The average Bonchev–Trinajstić information content (AvgIpc) is 2.47. The summed E-state index contributed by atoms with van der Waals surface area (Å²) >= 11 is 0. The molecular formula is C9H10N4O. The second-order valence-corrected chi connectivity index (χ2v) is 2.95. The fraction of sp³-hybridized carbons (Fsp3) is 0.111. The Morgan fingerprint density at radius 2 is 1.93 bits per heavy atom. The van der Waals surface area contributed by atoms with Crippen molar-refractivity contribution in [3.05, 3.63) is 46.6 Å². The monoisotopic (exact) mass is 190 g/mol. The molecule has 0 amide bonds. The van der Waals surface area contributed by atoms with Crippen molar-refractivity contribution in [2.45, 2.75) is 6.92 Å². The highest BCUT2D eigenvalue weighted by Gasteiger charge is 2.07. The van der Waals surface area contributed by atoms with Gasteiger partial charge in [0.25, 0.3) is 0 Å². The Hall–Kier alpha value is -2.04. The second-order valence-electron chi connectivity index (χ2n) is 2.95. The predicted molar refractivity (Wildman–Crippen MR) is 52.7 cm³/mol. The Morgan fingerprint density at radius 1 is 1.29 bits per heavy atom. The van der Waals surface area contributed by atoms with Crippen LogP contribution in [0.15, 0.2) is 35.1 Å². The molecule has 0 spiro atoms. The van der Waals surface area contributed by atoms with Gasteiger partial charge in [0.05, 0.1) is 5.69 Å². The molecule has 2 rings (SSSR count). The number of rotatable bonds is 1. The first kappa shape index (κ1) is 8.55. The van der Waals surface area contributed by atoms with Gasteiger partial charge in [-0.05, 0) is 19.1 Å². The summed E-state index contributed by atoms with van der Waals surface area (Å²) in [5.41, 5.74) is 0.374. The Balaban J connectivity index is 2.64. The van der Waals surface area contributed by atoms with E-state index in [9.17, 15) is 4.79 Å². The summed E-state index contributed by atoms with van der Waals surface area (Å²) < 4.78 is 2.29. The minimum atomic E-state index is -0.339. The van der Waals surface area contributed by atoms with E-state index >= 15 is 0 Å². The molecule has 5 nitrogen and oxygen atoms in total. The highest BCUT2D eigenvalue weighted by atomic mass is 16.2. The van der Waals surface area contributed by atoms with E-state index in [0.29, 0.717) is 11.5 Å². The lowest BCUT2D eigenvalue weighted by Crippen LogP contribution is -2.29. The van der Waals surface area contributed by atoms with Crippen molar-refractivity contribution in [3.63, 3.8) is 0 Å². The summed E-state index contributed by atoms with van der Waals surface area (Å²) in [5, 5.41) is 4.02. The largest absolute Gasteiger partial charge is 0.369 e. The fourth-order valence-electron chi connectivity index (χ4n) is 1.21. The Kier molecular flexibility index (Phi) is 1.85. The van der Waals surface area contributed by atoms with Crippen LogP contribution in [0.4, 0.5) is 0 Å². The van der Waals surface area contributed by atoms with E-state index in [2.05, 4.69) is 5.10 Å². The number of nitrogens with two attached hydrogens (primary N) is 1. The normalized spacial score (nSPS) is 10.4. The Morgan fingerprint density at radius 3 is 2.43 bits per heavy atom. The van der Waals surface area contributed by atoms with Crippen LogP contribution < -0.4 is 11.5 Å². The van der Waals surface area contributed by atoms with Gasteiger partial charge in [0.1, 0.15) is 0 Å². The molecule has 2 N–H and O–H groups in total. The molecule has 72 valence electrons. The minimum absolute atomic E-state index is 0.339. The van der Waals surface area contributed by atoms with Crippen molar-refractivity contribution in [1.82, 2.24) is 14.5 Å². The van der Waals surface area contributed by atoms with Gasteiger partial charge in [0.2, 0.25) is 0 Å². The molecule has 1 aromatic heterocycles. The maximum atomic E-state index is 11.5. The number of nitrogens with zero attached hydrogens (tertiary/aromatic N) is 3. The van der Waals surface area contributed by atoms with Crippen molar-refractivity contribution in [3.8, 4) is 5.69 Å². The number of benzene rings is 1. The van der Waals surface area contributed by atoms with Crippen molar-refractivity contribution >= 4 is 0 Å². The van der Waals surface area contributed by atoms with Crippen molar-refractivity contribution in [1.29, 1.82) is 0 Å². The molecule has 0 bridgehead atoms. The SMILES string of the molecule is Cc1nn(-c2ccccc2)c(=O)n1N. The van der Waals surface area contributed by atoms with E-state index in [-0.39, 0.29) is 5.69 Å². The summed E-state index contributed by atoms with van der Waals surface area (Å²) in [6.07, 6.45) is 0. The van der Waals surface area contributed by atoms with Gasteiger partial charge in [-0.15, -0.1) is 5.10 Å². The zero-order valence-corrected chi connectivity index (χ0v) is 7.71. The summed E-state index contributed by atoms with van der Waals surface area (Å²) in [6, 6.07) is 9.15. The van der Waals surface area contributed by atoms with Crippen LogP contribution in [0.2, 0.25) is 0 Å². The summed E-state index contributed by atoms with van der Waals surface area (Å²) in [4.78, 5) is 11.5. The van der Waals surface area contributed by atoms with Crippen molar-refractivity contribution in [2.24, 2.45) is 0 Å². The summed E-state index contributed by atoms with van der Waals surface area (Å²) in [5.74, 6) is 5.95. The van der Waals surface area contributed by atoms with Gasteiger partial charge < -0.3 is 5.84 Å². The maximum Gasteiger partial charge on any atom is 0.369 e. The number of nitrogen functional groups attached to an aromatic ring is 1. The van der Waals surface area contributed by atoms with Crippen molar-refractivity contribution < 1.29 is 0 Å². The maximum absolute atomic E-state index is 11.5. The molecule has 2 aromatic rings. The van der Waals surface area contributed by atoms with E-state index in [1.165, 1.54) is 4.68 Å². The quantitative estimate of drug-likeness (QED) is 0.646. The number of hydrogen-bond donors (Lipinski definition) is 1. The standard InChI is InChI=1S/C9H10N4O/c1-7-11-13(9(14)12(7)10)8-5-3-2-4-6-8/h2-6H,10H2,1H3. The highest BCUT2D eigenvalue weighted by molar-refractivity contribution is 5.29. The lowest BCUT2D eigenvalue weighted by molar-refractivity contribution is 0.820. The number of aromatic nitrogens is 3. The van der Waals surface area contributed by atoms with E-state index in [1.54, 1.807) is 19.1 Å². The molecule has 0 unspecified atom stereocenters. The van der Waals surface area contributed by atoms with Crippen molar-refractivity contribution in [2.75, 3.05) is 5.84 Å². The molecule has 0 fully saturated rings. The molecule has 14 heavy (non-hydrogen) atoms. The van der Waals surface area contributed by atoms with Gasteiger partial charge in [-0.1, -0.05) is 18.2 Å². The van der Waals surface area contributed by atoms with E-state index in [0.717, 1.165) is 4.68 Å². The first-order valence-electron chi connectivity index (χ1n) is 4.19. The second kappa shape index (κ2) is 3.02. The van der Waals surface area contributed by atoms with Gasteiger partial charge in [0.15, 0.2) is 5.82 Å². The molecule has 0 atom stereocenters. The fourth-order valence-corrected chi connectivity index (χ4v) is 1.21. The zero-order valence-electron chi connectivity index (χ0n) is 7.71. The first-order valence-corrected chi connectivity index (χ1v) is 4.19. The third-order valence-electron chi connectivity index (χ3n) is 1.98. The van der Waals surface area contributed by atoms with Crippen LogP contribution in [0.3, 0.4) is 0 Å². The van der Waals surface area contributed by atoms with Gasteiger partial charge in [-0.2, -0.15) is 9.36 Å². The van der Waals surface area contributed by atoms with Crippen LogP contribution in [0.25, 0.3) is 5.69 Å². The highest BCUT2D eigenvalue weighted by Crippen LogP contribution is 2.01. The van der Waals surface area contributed by atoms with E-state index in [4.69, 9.17) is 5.84 Å². The molecule has 0 radical (unpaired) electrons. The lowest BCUT2D eigenvalue weighted by atomic mass is 10.3. The predicted octanol–water partition coefficient (Wildman–Crippen LogP) is 0.0562. The molecule has 1 aromatic carbocycles. The minimum Gasteiger partial charge on any atom is -0.333 e. The molecule has 0 aliphatic carbocycles. The summed E-state index contributed by atoms with van der Waals surface area (Å²) in [6.45, 7) is 1.68. The van der Waals surface area contributed by atoms with Gasteiger partial charge in [-0.3, -0.25) is 0 Å². The number of hydrogen-bond acceptors (Lipinski definition) is 3. The Labute approximate surface area is 80.4 Å². The topological polar surface area (TPSA) is 65.8 Å². The molecular weight excluding hydrogens is 180 g/mol. The molecule has 0 aliphatic rings. The molecule has 0 saturated heterocycles. The van der Waals surface area contributed by atoms with Crippen LogP contribution in [0.5, 0.6) is 0 Å². The zero-order chi connectivity index (χ0) is 10.1. The number of para-hydroxylation sites is 1. The lowest BCUT2D eigenvalue weighted by Gasteiger charge is -1.96. The van der Waals surface area contributed by atoms with E-state index in [1.807, 2.05) is 18.2 Å². The van der Waals surface area contributed by atoms with Crippen LogP contribution in [-0.4, -0.2) is 14.5 Å². The Bertz CT molecular complexity index is 497. The van der Waals surface area contributed by atoms with Crippen LogP contribution >= 0.6 is 0 Å². The van der Waals surface area contributed by atoms with Crippen LogP contribution in [0, 0.1) is 6.92 Å². The average molecular weight is 190 g/mol. The first-order chi connectivity index (χ1) is 6.70. The van der Waals surface area contributed by atoms with E-state index < -0.39 is 0 Å². The molecule has 1 heterocycles. The third-order valence-corrected chi connectivity index (χ3v) is 1.98. The summed E-state index contributed by atoms with van der Waals surface area (Å²) in [7, 11) is 0. The van der Waals surface area contributed by atoms with Gasteiger partial charge in [-0.25, -0.2) is 4.79 Å². The molecule has 5 heteroatoms. The van der Waals surface area contributed by atoms with Crippen LogP contribution in [0.1, 0.15) is 5.82 Å². The molecule has 0 aliphatic heterocycles. The third kappa shape index (κ3) is 1.19. The van der Waals surface area contributed by atoms with Gasteiger partial charge >= 0.3 is 5.69 Å². The smallest absolute Gasteiger partial charge is 0.333 e. The van der Waals surface area contributed by atoms with Crippen LogP contribution in [-0.2, 0) is 0 Å². The number of aryl methyl sites for hydroxylation is 1.